The van der Waals surface area contributed by atoms with Crippen molar-refractivity contribution in [2.45, 2.75) is 102 Å². The molecule has 5 rings (SSSR count). The van der Waals surface area contributed by atoms with Gasteiger partial charge in [0.05, 0.1) is 5.69 Å². The maximum atomic E-state index is 13.7. The van der Waals surface area contributed by atoms with Crippen molar-refractivity contribution in [1.29, 1.82) is 5.41 Å². The van der Waals surface area contributed by atoms with Crippen LogP contribution in [0, 0.1) is 5.41 Å². The topological polar surface area (TPSA) is 82.7 Å². The monoisotopic (exact) mass is 516 g/mol. The summed E-state index contributed by atoms with van der Waals surface area (Å²) in [5.74, 6) is 0.671. The van der Waals surface area contributed by atoms with E-state index in [-0.39, 0.29) is 11.7 Å². The van der Waals surface area contributed by atoms with Gasteiger partial charge in [0, 0.05) is 29.8 Å². The average Bonchev–Trinajstić information content (AvgIpc) is 2.96. The van der Waals surface area contributed by atoms with Gasteiger partial charge in [-0.3, -0.25) is 15.1 Å². The van der Waals surface area contributed by atoms with Gasteiger partial charge in [-0.25, -0.2) is 0 Å². The molecule has 3 N–H and O–H groups in total. The van der Waals surface area contributed by atoms with Crippen LogP contribution in [0.2, 0.25) is 0 Å². The molecule has 6 nitrogen and oxygen atoms in total. The third-order valence-electron chi connectivity index (χ3n) is 8.78. The van der Waals surface area contributed by atoms with Gasteiger partial charge in [-0.1, -0.05) is 75.3 Å². The van der Waals surface area contributed by atoms with Crippen LogP contribution in [0.4, 0.5) is 5.69 Å². The van der Waals surface area contributed by atoms with E-state index >= 15 is 0 Å². The number of carbonyl (C=O) groups excluding carboxylic acids is 1. The number of nitrogen functional groups attached to an aromatic ring is 1. The van der Waals surface area contributed by atoms with Crippen molar-refractivity contribution in [3.8, 4) is 5.75 Å². The molecule has 6 heteroatoms. The molecule has 1 atom stereocenters. The molecule has 204 valence electrons. The lowest BCUT2D eigenvalue weighted by atomic mass is 9.88. The number of para-hydroxylation sites is 2. The van der Waals surface area contributed by atoms with E-state index in [1.54, 1.807) is 12.1 Å². The number of ether oxygens (including phenoxy) is 1. The number of carbonyl (C=O) groups is 1. The first-order chi connectivity index (χ1) is 18.6. The number of nitrogens with zero attached hydrogens (tertiary/aromatic N) is 2. The summed E-state index contributed by atoms with van der Waals surface area (Å²) in [7, 11) is 0. The van der Waals surface area contributed by atoms with Crippen LogP contribution in [0.3, 0.4) is 0 Å². The Hall–Kier alpha value is -2.86. The van der Waals surface area contributed by atoms with Crippen molar-refractivity contribution >= 4 is 17.4 Å². The second-order valence-corrected chi connectivity index (χ2v) is 11.4. The molecule has 3 aliphatic rings. The lowest BCUT2D eigenvalue weighted by Gasteiger charge is -2.42. The van der Waals surface area contributed by atoms with Gasteiger partial charge < -0.3 is 15.4 Å². The molecule has 0 saturated heterocycles. The van der Waals surface area contributed by atoms with Crippen LogP contribution in [-0.4, -0.2) is 41.8 Å². The van der Waals surface area contributed by atoms with E-state index in [1.807, 2.05) is 41.3 Å². The first kappa shape index (κ1) is 26.7. The van der Waals surface area contributed by atoms with Gasteiger partial charge in [0.2, 0.25) is 6.10 Å². The molecule has 1 amide bonds. The molecular formula is C32H44N4O2. The summed E-state index contributed by atoms with van der Waals surface area (Å²) in [5.41, 5.74) is 7.89. The molecule has 1 aliphatic heterocycles. The minimum absolute atomic E-state index is 0.0112. The molecule has 0 spiro atoms. The predicted octanol–water partition coefficient (Wildman–Crippen LogP) is 6.58. The number of benzene rings is 2. The number of unbranched alkanes of at least 4 members (excludes halogenated alkanes) is 2. The van der Waals surface area contributed by atoms with Crippen LogP contribution in [0.1, 0.15) is 101 Å². The van der Waals surface area contributed by atoms with Crippen molar-refractivity contribution in [3.63, 3.8) is 0 Å². The number of anilines is 1. The maximum Gasteiger partial charge on any atom is 0.272 e. The molecule has 2 fully saturated rings. The quantitative estimate of drug-likeness (QED) is 0.212. The Morgan fingerprint density at radius 2 is 1.58 bits per heavy atom. The van der Waals surface area contributed by atoms with Crippen molar-refractivity contribution in [3.05, 3.63) is 59.7 Å². The van der Waals surface area contributed by atoms with E-state index in [4.69, 9.17) is 15.9 Å². The zero-order valence-electron chi connectivity index (χ0n) is 22.7. The Labute approximate surface area is 228 Å². The van der Waals surface area contributed by atoms with Crippen LogP contribution < -0.4 is 15.4 Å². The van der Waals surface area contributed by atoms with Crippen molar-refractivity contribution in [1.82, 2.24) is 4.90 Å². The van der Waals surface area contributed by atoms with Gasteiger partial charge in [-0.05, 0) is 63.3 Å². The van der Waals surface area contributed by atoms with E-state index in [9.17, 15) is 4.79 Å². The van der Waals surface area contributed by atoms with Crippen molar-refractivity contribution in [2.75, 3.05) is 18.0 Å². The molecule has 0 bridgehead atoms. The standard InChI is InChI=1S/C32H44N4O2/c33-31(34)25-14-12-13-24(23-25)30-32(37)36(28-19-8-9-20-29(28)38-30)22-11-3-10-21-35(26-15-4-1-5-16-26)27-17-6-2-7-18-27/h8-9,12-14,19-20,23,26-27,30H,1-7,10-11,15-18,21-22H2,(H3,33,34). The molecule has 38 heavy (non-hydrogen) atoms. The minimum Gasteiger partial charge on any atom is -0.474 e. The fourth-order valence-electron chi connectivity index (χ4n) is 6.76. The Morgan fingerprint density at radius 3 is 2.26 bits per heavy atom. The lowest BCUT2D eigenvalue weighted by molar-refractivity contribution is -0.126. The normalized spacial score (nSPS) is 20.8. The van der Waals surface area contributed by atoms with Gasteiger partial charge in [0.15, 0.2) is 0 Å². The second kappa shape index (κ2) is 12.8. The van der Waals surface area contributed by atoms with Gasteiger partial charge in [-0.2, -0.15) is 0 Å². The number of hydrogen-bond donors (Lipinski definition) is 2. The first-order valence-electron chi connectivity index (χ1n) is 14.9. The largest absolute Gasteiger partial charge is 0.474 e. The Morgan fingerprint density at radius 1 is 0.895 bits per heavy atom. The number of amides is 1. The molecular weight excluding hydrogens is 472 g/mol. The summed E-state index contributed by atoms with van der Waals surface area (Å²) >= 11 is 0. The number of rotatable bonds is 10. The van der Waals surface area contributed by atoms with Crippen LogP contribution in [0.25, 0.3) is 0 Å². The van der Waals surface area contributed by atoms with Crippen LogP contribution in [-0.2, 0) is 4.79 Å². The zero-order chi connectivity index (χ0) is 26.3. The molecule has 2 saturated carbocycles. The van der Waals surface area contributed by atoms with Crippen molar-refractivity contribution < 1.29 is 9.53 Å². The number of amidine groups is 1. The zero-order valence-corrected chi connectivity index (χ0v) is 22.7. The molecule has 2 aliphatic carbocycles. The highest BCUT2D eigenvalue weighted by molar-refractivity contribution is 6.01. The van der Waals surface area contributed by atoms with E-state index in [2.05, 4.69) is 4.90 Å². The van der Waals surface area contributed by atoms with Crippen LogP contribution >= 0.6 is 0 Å². The fourth-order valence-corrected chi connectivity index (χ4v) is 6.76. The highest BCUT2D eigenvalue weighted by Gasteiger charge is 2.35. The second-order valence-electron chi connectivity index (χ2n) is 11.4. The smallest absolute Gasteiger partial charge is 0.272 e. The fraction of sp³-hybridized carbons (Fsp3) is 0.562. The number of nitrogens with two attached hydrogens (primary N) is 1. The Kier molecular flexibility index (Phi) is 9.00. The minimum atomic E-state index is -0.725. The third-order valence-corrected chi connectivity index (χ3v) is 8.78. The Balaban J connectivity index is 1.21. The average molecular weight is 517 g/mol. The van der Waals surface area contributed by atoms with E-state index in [0.29, 0.717) is 12.1 Å². The molecule has 1 unspecified atom stereocenters. The molecule has 2 aromatic rings. The van der Waals surface area contributed by atoms with Crippen molar-refractivity contribution in [2.24, 2.45) is 5.73 Å². The molecule has 0 radical (unpaired) electrons. The predicted molar refractivity (Wildman–Crippen MR) is 154 cm³/mol. The van der Waals surface area contributed by atoms with Crippen LogP contribution in [0.15, 0.2) is 48.5 Å². The molecule has 2 aromatic carbocycles. The van der Waals surface area contributed by atoms with Gasteiger partial charge in [0.1, 0.15) is 11.6 Å². The summed E-state index contributed by atoms with van der Waals surface area (Å²) in [6, 6.07) is 16.7. The summed E-state index contributed by atoms with van der Waals surface area (Å²) in [6.45, 7) is 1.89. The van der Waals surface area contributed by atoms with E-state index in [1.165, 1.54) is 77.2 Å². The highest BCUT2D eigenvalue weighted by Crippen LogP contribution is 2.39. The number of fused-ring (bicyclic) bond motifs is 1. The van der Waals surface area contributed by atoms with Crippen LogP contribution in [0.5, 0.6) is 5.75 Å². The SMILES string of the molecule is N=C(N)c1cccc(C2Oc3ccccc3N(CCCCCN(C3CCCCC3)C3CCCCC3)C2=O)c1. The van der Waals surface area contributed by atoms with Gasteiger partial charge >= 0.3 is 0 Å². The number of nitrogens with one attached hydrogen (secondary N) is 1. The summed E-state index contributed by atoms with van der Waals surface area (Å²) < 4.78 is 6.18. The molecule has 1 heterocycles. The first-order valence-corrected chi connectivity index (χ1v) is 14.9. The van der Waals surface area contributed by atoms with Gasteiger partial charge in [0.25, 0.3) is 5.91 Å². The highest BCUT2D eigenvalue weighted by atomic mass is 16.5. The molecule has 0 aromatic heterocycles. The lowest BCUT2D eigenvalue weighted by Crippen LogP contribution is -2.45. The Bertz CT molecular complexity index is 1070. The number of hydrogen-bond acceptors (Lipinski definition) is 4. The van der Waals surface area contributed by atoms with E-state index < -0.39 is 6.10 Å². The third kappa shape index (κ3) is 6.23. The van der Waals surface area contributed by atoms with Gasteiger partial charge in [-0.15, -0.1) is 0 Å². The summed E-state index contributed by atoms with van der Waals surface area (Å²) in [5, 5.41) is 7.78. The van der Waals surface area contributed by atoms with E-state index in [0.717, 1.165) is 41.9 Å². The maximum absolute atomic E-state index is 13.7. The summed E-state index contributed by atoms with van der Waals surface area (Å²) in [4.78, 5) is 18.5. The summed E-state index contributed by atoms with van der Waals surface area (Å²) in [6.07, 6.45) is 16.4.